The van der Waals surface area contributed by atoms with E-state index in [1.54, 1.807) is 18.2 Å². The summed E-state index contributed by atoms with van der Waals surface area (Å²) in [5.41, 5.74) is 2.45. The summed E-state index contributed by atoms with van der Waals surface area (Å²) in [5.74, 6) is -1.79. The molecule has 118 valence electrons. The number of halogens is 1. The number of aromatic carboxylic acids is 1. The number of carbonyl (C=O) groups excluding carboxylic acids is 2. The molecule has 0 fully saturated rings. The SMILES string of the molecule is O=C1Nc2c(Br)cccc2/C1=C1/Nc2cc(C(=O)O)ccc2C1=O. The molecule has 24 heavy (non-hydrogen) atoms. The first kappa shape index (κ1) is 14.6. The molecule has 0 saturated heterocycles. The van der Waals surface area contributed by atoms with Crippen LogP contribution in [0, 0.1) is 0 Å². The van der Waals surface area contributed by atoms with Crippen molar-refractivity contribution in [3.8, 4) is 0 Å². The fourth-order valence-electron chi connectivity index (χ4n) is 2.89. The number of allylic oxidation sites excluding steroid dienone is 1. The maximum absolute atomic E-state index is 12.6. The number of carboxylic acids is 1. The number of amides is 1. The van der Waals surface area contributed by atoms with Gasteiger partial charge in [-0.1, -0.05) is 12.1 Å². The molecule has 1 amide bonds. The van der Waals surface area contributed by atoms with Crippen LogP contribution < -0.4 is 10.6 Å². The van der Waals surface area contributed by atoms with Gasteiger partial charge in [-0.15, -0.1) is 0 Å². The van der Waals surface area contributed by atoms with Gasteiger partial charge in [0.15, 0.2) is 0 Å². The number of hydrogen-bond donors (Lipinski definition) is 3. The zero-order valence-corrected chi connectivity index (χ0v) is 13.6. The Balaban J connectivity index is 1.89. The van der Waals surface area contributed by atoms with Gasteiger partial charge in [0.1, 0.15) is 5.70 Å². The molecule has 0 saturated carbocycles. The highest BCUT2D eigenvalue weighted by Crippen LogP contribution is 2.41. The highest BCUT2D eigenvalue weighted by atomic mass is 79.9. The molecule has 2 aromatic rings. The lowest BCUT2D eigenvalue weighted by molar-refractivity contribution is -0.110. The summed E-state index contributed by atoms with van der Waals surface area (Å²) in [7, 11) is 0. The van der Waals surface area contributed by atoms with Crippen molar-refractivity contribution in [3.63, 3.8) is 0 Å². The number of carbonyl (C=O) groups is 3. The van der Waals surface area contributed by atoms with Gasteiger partial charge in [0, 0.05) is 15.6 Å². The quantitative estimate of drug-likeness (QED) is 0.656. The predicted octanol–water partition coefficient (Wildman–Crippen LogP) is 3.12. The van der Waals surface area contributed by atoms with Crippen molar-refractivity contribution in [1.29, 1.82) is 0 Å². The van der Waals surface area contributed by atoms with Crippen LogP contribution in [0.4, 0.5) is 11.4 Å². The number of hydrogen-bond acceptors (Lipinski definition) is 4. The standard InChI is InChI=1S/C17H9BrN2O4/c18-10-3-1-2-9-12(16(22)20-13(9)10)14-15(21)8-5-4-7(17(23)24)6-11(8)19-14/h1-6,19H,(H,20,22)(H,23,24)/b14-12-. The molecule has 0 radical (unpaired) electrons. The minimum Gasteiger partial charge on any atom is -0.478 e. The lowest BCUT2D eigenvalue weighted by atomic mass is 10.0. The number of fused-ring (bicyclic) bond motifs is 2. The summed E-state index contributed by atoms with van der Waals surface area (Å²) >= 11 is 3.37. The summed E-state index contributed by atoms with van der Waals surface area (Å²) in [6.07, 6.45) is 0. The average Bonchev–Trinajstić information content (AvgIpc) is 3.05. The third-order valence-electron chi connectivity index (χ3n) is 4.00. The van der Waals surface area contributed by atoms with E-state index >= 15 is 0 Å². The third kappa shape index (κ3) is 1.98. The Morgan fingerprint density at radius 1 is 1.04 bits per heavy atom. The van der Waals surface area contributed by atoms with E-state index in [1.165, 1.54) is 18.2 Å². The highest BCUT2D eigenvalue weighted by molar-refractivity contribution is 9.10. The summed E-state index contributed by atoms with van der Waals surface area (Å²) in [4.78, 5) is 36.1. The number of carboxylic acid groups (broad SMARTS) is 1. The van der Waals surface area contributed by atoms with Crippen molar-refractivity contribution in [2.45, 2.75) is 0 Å². The Morgan fingerprint density at radius 3 is 2.58 bits per heavy atom. The van der Waals surface area contributed by atoms with E-state index < -0.39 is 5.97 Å². The fraction of sp³-hybridized carbons (Fsp3) is 0. The molecule has 0 spiro atoms. The number of benzene rings is 2. The Bertz CT molecular complexity index is 994. The van der Waals surface area contributed by atoms with E-state index in [-0.39, 0.29) is 28.5 Å². The zero-order valence-electron chi connectivity index (χ0n) is 12.0. The molecule has 0 bridgehead atoms. The van der Waals surface area contributed by atoms with Crippen LogP contribution in [-0.2, 0) is 4.79 Å². The Labute approximate surface area is 144 Å². The van der Waals surface area contributed by atoms with Crippen molar-refractivity contribution in [2.75, 3.05) is 10.6 Å². The molecule has 6 nitrogen and oxygen atoms in total. The lowest BCUT2D eigenvalue weighted by Gasteiger charge is -2.04. The van der Waals surface area contributed by atoms with Crippen LogP contribution in [0.1, 0.15) is 26.3 Å². The van der Waals surface area contributed by atoms with Crippen LogP contribution in [0.25, 0.3) is 5.57 Å². The fourth-order valence-corrected chi connectivity index (χ4v) is 3.35. The van der Waals surface area contributed by atoms with Crippen LogP contribution in [0.5, 0.6) is 0 Å². The second-order valence-electron chi connectivity index (χ2n) is 5.39. The molecule has 2 aliphatic heterocycles. The Morgan fingerprint density at radius 2 is 1.83 bits per heavy atom. The first-order valence-corrected chi connectivity index (χ1v) is 7.80. The molecule has 2 heterocycles. The van der Waals surface area contributed by atoms with Crippen molar-refractivity contribution in [1.82, 2.24) is 0 Å². The van der Waals surface area contributed by atoms with Crippen molar-refractivity contribution < 1.29 is 19.5 Å². The first-order chi connectivity index (χ1) is 11.5. The molecular weight excluding hydrogens is 376 g/mol. The number of nitrogens with one attached hydrogen (secondary N) is 2. The zero-order chi connectivity index (χ0) is 17.0. The number of Topliss-reactive ketones (excluding diaryl/α,β-unsaturated/α-hetero) is 1. The summed E-state index contributed by atoms with van der Waals surface area (Å²) < 4.78 is 0.722. The van der Waals surface area contributed by atoms with E-state index in [4.69, 9.17) is 5.11 Å². The maximum Gasteiger partial charge on any atom is 0.335 e. The minimum absolute atomic E-state index is 0.0688. The van der Waals surface area contributed by atoms with Gasteiger partial charge in [-0.25, -0.2) is 4.79 Å². The number of rotatable bonds is 1. The number of para-hydroxylation sites is 1. The van der Waals surface area contributed by atoms with Crippen molar-refractivity contribution >= 4 is 50.5 Å². The van der Waals surface area contributed by atoms with Gasteiger partial charge >= 0.3 is 5.97 Å². The lowest BCUT2D eigenvalue weighted by Crippen LogP contribution is -2.11. The normalized spacial score (nSPS) is 18.0. The van der Waals surface area contributed by atoms with Gasteiger partial charge in [0.25, 0.3) is 5.91 Å². The van der Waals surface area contributed by atoms with Crippen LogP contribution in [0.3, 0.4) is 0 Å². The molecule has 2 aromatic carbocycles. The Kier molecular flexibility index (Phi) is 3.07. The van der Waals surface area contributed by atoms with E-state index in [0.717, 1.165) is 4.47 Å². The van der Waals surface area contributed by atoms with Crippen LogP contribution in [0.2, 0.25) is 0 Å². The predicted molar refractivity (Wildman–Crippen MR) is 91.0 cm³/mol. The van der Waals surface area contributed by atoms with Gasteiger partial charge in [-0.3, -0.25) is 9.59 Å². The van der Waals surface area contributed by atoms with Gasteiger partial charge < -0.3 is 15.7 Å². The summed E-state index contributed by atoms with van der Waals surface area (Å²) in [6, 6.07) is 9.53. The second kappa shape index (κ2) is 5.04. The maximum atomic E-state index is 12.6. The Hall–Kier alpha value is -2.93. The van der Waals surface area contributed by atoms with Crippen LogP contribution >= 0.6 is 15.9 Å². The third-order valence-corrected chi connectivity index (χ3v) is 4.66. The molecule has 0 aliphatic carbocycles. The van der Waals surface area contributed by atoms with Gasteiger partial charge in [-0.2, -0.15) is 0 Å². The molecule has 4 rings (SSSR count). The summed E-state index contributed by atoms with van der Waals surface area (Å²) in [6.45, 7) is 0. The van der Waals surface area contributed by atoms with Crippen molar-refractivity contribution in [2.24, 2.45) is 0 Å². The summed E-state index contributed by atoms with van der Waals surface area (Å²) in [5, 5.41) is 14.7. The minimum atomic E-state index is -1.08. The molecule has 7 heteroatoms. The molecule has 0 unspecified atom stereocenters. The second-order valence-corrected chi connectivity index (χ2v) is 6.24. The molecule has 3 N–H and O–H groups in total. The van der Waals surface area contributed by atoms with Gasteiger partial charge in [-0.05, 0) is 40.2 Å². The van der Waals surface area contributed by atoms with E-state index in [9.17, 15) is 14.4 Å². The van der Waals surface area contributed by atoms with Gasteiger partial charge in [0.2, 0.25) is 5.78 Å². The monoisotopic (exact) mass is 384 g/mol. The molecule has 0 aromatic heterocycles. The number of ketones is 1. The first-order valence-electron chi connectivity index (χ1n) is 7.01. The van der Waals surface area contributed by atoms with Crippen LogP contribution in [-0.4, -0.2) is 22.8 Å². The molecular formula is C17H9BrN2O4. The smallest absolute Gasteiger partial charge is 0.335 e. The van der Waals surface area contributed by atoms with Crippen molar-refractivity contribution in [3.05, 3.63) is 63.3 Å². The highest BCUT2D eigenvalue weighted by Gasteiger charge is 2.35. The molecule has 0 atom stereocenters. The molecule has 2 aliphatic rings. The largest absolute Gasteiger partial charge is 0.478 e. The number of anilines is 2. The van der Waals surface area contributed by atoms with E-state index in [2.05, 4.69) is 26.6 Å². The van der Waals surface area contributed by atoms with E-state index in [1.807, 2.05) is 0 Å². The van der Waals surface area contributed by atoms with E-state index in [0.29, 0.717) is 22.5 Å². The van der Waals surface area contributed by atoms with Gasteiger partial charge in [0.05, 0.1) is 22.5 Å². The van der Waals surface area contributed by atoms with Crippen LogP contribution in [0.15, 0.2) is 46.6 Å². The average molecular weight is 385 g/mol. The topological polar surface area (TPSA) is 95.5 Å².